The van der Waals surface area contributed by atoms with E-state index in [2.05, 4.69) is 28.9 Å². The maximum atomic E-state index is 5.69. The van der Waals surface area contributed by atoms with E-state index < -0.39 is 0 Å². The van der Waals surface area contributed by atoms with E-state index in [0.29, 0.717) is 0 Å². The first kappa shape index (κ1) is 9.93. The highest BCUT2D eigenvalue weighted by Gasteiger charge is 1.96. The van der Waals surface area contributed by atoms with Crippen LogP contribution in [-0.2, 0) is 5.75 Å². The molecule has 0 aliphatic carbocycles. The summed E-state index contributed by atoms with van der Waals surface area (Å²) < 4.78 is 1.06. The molecule has 0 heterocycles. The monoisotopic (exact) mass is 245 g/mol. The van der Waals surface area contributed by atoms with Crippen molar-refractivity contribution in [3.8, 4) is 0 Å². The first-order valence-corrected chi connectivity index (χ1v) is 5.80. The molecule has 0 unspecified atom stereocenters. The van der Waals surface area contributed by atoms with Crippen LogP contribution in [0.1, 0.15) is 12.5 Å². The molecule has 0 saturated heterocycles. The van der Waals surface area contributed by atoms with Crippen molar-refractivity contribution in [1.29, 1.82) is 0 Å². The molecule has 1 aromatic carbocycles. The third-order valence-electron chi connectivity index (χ3n) is 1.45. The van der Waals surface area contributed by atoms with Crippen LogP contribution >= 0.6 is 27.7 Å². The van der Waals surface area contributed by atoms with E-state index in [9.17, 15) is 0 Å². The van der Waals surface area contributed by atoms with Crippen molar-refractivity contribution in [3.05, 3.63) is 28.2 Å². The highest BCUT2D eigenvalue weighted by molar-refractivity contribution is 9.10. The summed E-state index contributed by atoms with van der Waals surface area (Å²) in [6, 6.07) is 6.05. The molecule has 3 heteroatoms. The molecule has 0 aromatic heterocycles. The van der Waals surface area contributed by atoms with E-state index in [4.69, 9.17) is 5.73 Å². The van der Waals surface area contributed by atoms with Crippen molar-refractivity contribution in [2.45, 2.75) is 12.7 Å². The molecular formula is C9H12BrNS. The third-order valence-corrected chi connectivity index (χ3v) is 2.86. The number of halogens is 1. The zero-order chi connectivity index (χ0) is 8.97. The second-order valence-corrected chi connectivity index (χ2v) is 4.72. The highest BCUT2D eigenvalue weighted by atomic mass is 79.9. The molecule has 0 amide bonds. The van der Waals surface area contributed by atoms with Crippen LogP contribution in [0, 0.1) is 0 Å². The predicted molar refractivity (Wildman–Crippen MR) is 60.4 cm³/mol. The van der Waals surface area contributed by atoms with Crippen LogP contribution in [0.4, 0.5) is 5.69 Å². The number of nitrogen functional groups attached to an aromatic ring is 1. The van der Waals surface area contributed by atoms with Gasteiger partial charge in [0.15, 0.2) is 0 Å². The lowest BCUT2D eigenvalue weighted by atomic mass is 10.2. The topological polar surface area (TPSA) is 26.0 Å². The van der Waals surface area contributed by atoms with Crippen molar-refractivity contribution in [3.63, 3.8) is 0 Å². The van der Waals surface area contributed by atoms with Crippen LogP contribution in [0.2, 0.25) is 0 Å². The molecule has 0 spiro atoms. The number of nitrogens with two attached hydrogens (primary N) is 1. The van der Waals surface area contributed by atoms with E-state index in [-0.39, 0.29) is 0 Å². The Kier molecular flexibility index (Phi) is 3.95. The minimum Gasteiger partial charge on any atom is -0.399 e. The van der Waals surface area contributed by atoms with Crippen LogP contribution in [0.15, 0.2) is 22.7 Å². The Balaban J connectivity index is 2.72. The van der Waals surface area contributed by atoms with Gasteiger partial charge in [-0.1, -0.05) is 22.9 Å². The molecule has 0 aliphatic heterocycles. The van der Waals surface area contributed by atoms with Crippen LogP contribution in [0.25, 0.3) is 0 Å². The van der Waals surface area contributed by atoms with Crippen molar-refractivity contribution in [2.75, 3.05) is 11.5 Å². The molecule has 66 valence electrons. The average molecular weight is 246 g/mol. The summed E-state index contributed by atoms with van der Waals surface area (Å²) >= 11 is 5.32. The van der Waals surface area contributed by atoms with Gasteiger partial charge < -0.3 is 5.73 Å². The Hall–Kier alpha value is -0.150. The lowest BCUT2D eigenvalue weighted by molar-refractivity contribution is 1.38. The number of hydrogen-bond acceptors (Lipinski definition) is 2. The van der Waals surface area contributed by atoms with Crippen LogP contribution < -0.4 is 5.73 Å². The summed E-state index contributed by atoms with van der Waals surface area (Å²) in [7, 11) is 0. The first-order valence-electron chi connectivity index (χ1n) is 3.85. The Bertz CT molecular complexity index is 242. The molecule has 0 atom stereocenters. The maximum absolute atomic E-state index is 5.69. The van der Waals surface area contributed by atoms with Gasteiger partial charge in [0.2, 0.25) is 0 Å². The van der Waals surface area contributed by atoms with Gasteiger partial charge in [-0.2, -0.15) is 11.8 Å². The third kappa shape index (κ3) is 3.07. The normalized spacial score (nSPS) is 10.2. The Morgan fingerprint density at radius 2 is 2.17 bits per heavy atom. The van der Waals surface area contributed by atoms with Crippen molar-refractivity contribution in [2.24, 2.45) is 0 Å². The van der Waals surface area contributed by atoms with E-state index >= 15 is 0 Å². The molecule has 1 aromatic rings. The quantitative estimate of drug-likeness (QED) is 0.828. The van der Waals surface area contributed by atoms with Crippen molar-refractivity contribution < 1.29 is 0 Å². The lowest BCUT2D eigenvalue weighted by Gasteiger charge is -2.02. The smallest absolute Gasteiger partial charge is 0.0328 e. The first-order chi connectivity index (χ1) is 5.72. The minimum absolute atomic E-state index is 0.830. The van der Waals surface area contributed by atoms with E-state index in [1.54, 1.807) is 0 Å². The molecule has 0 aliphatic rings. The molecule has 1 rings (SSSR count). The van der Waals surface area contributed by atoms with Gasteiger partial charge in [0.05, 0.1) is 0 Å². The molecular weight excluding hydrogens is 234 g/mol. The van der Waals surface area contributed by atoms with Gasteiger partial charge in [-0.05, 0) is 29.5 Å². The predicted octanol–water partition coefficient (Wildman–Crippen LogP) is 3.28. The second-order valence-electron chi connectivity index (χ2n) is 2.53. The second kappa shape index (κ2) is 4.77. The fourth-order valence-corrected chi connectivity index (χ4v) is 2.14. The zero-order valence-corrected chi connectivity index (χ0v) is 9.41. The summed E-state index contributed by atoms with van der Waals surface area (Å²) in [6.07, 6.45) is 0. The van der Waals surface area contributed by atoms with Crippen LogP contribution in [0.3, 0.4) is 0 Å². The highest BCUT2D eigenvalue weighted by Crippen LogP contribution is 2.20. The molecule has 1 nitrogen and oxygen atoms in total. The van der Waals surface area contributed by atoms with Gasteiger partial charge in [-0.3, -0.25) is 0 Å². The molecule has 2 N–H and O–H groups in total. The van der Waals surface area contributed by atoms with Gasteiger partial charge in [-0.15, -0.1) is 0 Å². The summed E-state index contributed by atoms with van der Waals surface area (Å²) in [6.45, 7) is 2.16. The van der Waals surface area contributed by atoms with Crippen molar-refractivity contribution >= 4 is 33.4 Å². The fraction of sp³-hybridized carbons (Fsp3) is 0.333. The summed E-state index contributed by atoms with van der Waals surface area (Å²) in [4.78, 5) is 0. The van der Waals surface area contributed by atoms with E-state index in [1.807, 2.05) is 23.9 Å². The van der Waals surface area contributed by atoms with Gasteiger partial charge >= 0.3 is 0 Å². The van der Waals surface area contributed by atoms with Crippen LogP contribution in [-0.4, -0.2) is 5.75 Å². The standard InChI is InChI=1S/C9H12BrNS/c1-2-12-6-7-3-8(10)5-9(11)4-7/h3-5H,2,6,11H2,1H3. The van der Waals surface area contributed by atoms with Crippen LogP contribution in [0.5, 0.6) is 0 Å². The molecule has 12 heavy (non-hydrogen) atoms. The minimum atomic E-state index is 0.830. The number of benzene rings is 1. The zero-order valence-electron chi connectivity index (χ0n) is 7.01. The number of thioether (sulfide) groups is 1. The molecule has 0 saturated carbocycles. The van der Waals surface area contributed by atoms with Gasteiger partial charge in [-0.25, -0.2) is 0 Å². The summed E-state index contributed by atoms with van der Waals surface area (Å²) in [5.74, 6) is 2.19. The lowest BCUT2D eigenvalue weighted by Crippen LogP contribution is -1.88. The Morgan fingerprint density at radius 3 is 2.75 bits per heavy atom. The number of anilines is 1. The largest absolute Gasteiger partial charge is 0.399 e. The van der Waals surface area contributed by atoms with Crippen molar-refractivity contribution in [1.82, 2.24) is 0 Å². The van der Waals surface area contributed by atoms with Gasteiger partial charge in [0, 0.05) is 15.9 Å². The Labute approximate surface area is 85.9 Å². The average Bonchev–Trinajstić information content (AvgIpc) is 1.99. The molecule has 0 fully saturated rings. The van der Waals surface area contributed by atoms with E-state index in [1.165, 1.54) is 5.56 Å². The summed E-state index contributed by atoms with van der Waals surface area (Å²) in [5, 5.41) is 0. The number of hydrogen-bond donors (Lipinski definition) is 1. The summed E-state index contributed by atoms with van der Waals surface area (Å²) in [5.41, 5.74) is 7.81. The maximum Gasteiger partial charge on any atom is 0.0328 e. The SMILES string of the molecule is CCSCc1cc(N)cc(Br)c1. The Morgan fingerprint density at radius 1 is 1.42 bits per heavy atom. The van der Waals surface area contributed by atoms with E-state index in [0.717, 1.165) is 21.7 Å². The van der Waals surface area contributed by atoms with Gasteiger partial charge in [0.1, 0.15) is 0 Å². The number of rotatable bonds is 3. The molecule has 0 radical (unpaired) electrons. The molecule has 0 bridgehead atoms. The van der Waals surface area contributed by atoms with Gasteiger partial charge in [0.25, 0.3) is 0 Å². The fourth-order valence-electron chi connectivity index (χ4n) is 0.979.